The van der Waals surface area contributed by atoms with Crippen LogP contribution in [0.3, 0.4) is 0 Å². The minimum atomic E-state index is -0.529. The Morgan fingerprint density at radius 2 is 2.15 bits per heavy atom. The molecule has 0 fully saturated rings. The van der Waals surface area contributed by atoms with Gasteiger partial charge in [-0.15, -0.1) is 11.3 Å². The molecule has 2 rings (SSSR count). The standard InChI is InChI=1S/C16H21NO2S/c1-3-14(16-8-5-9-20-16)17-11-15(18)12-6-4-7-13(10-12)19-2/h4-10,14-15,17-18H,3,11H2,1-2H3. The summed E-state index contributed by atoms with van der Waals surface area (Å²) in [6.45, 7) is 2.68. The molecule has 0 radical (unpaired) electrons. The van der Waals surface area contributed by atoms with Gasteiger partial charge in [0, 0.05) is 17.5 Å². The molecule has 0 saturated carbocycles. The number of aliphatic hydroxyl groups excluding tert-OH is 1. The summed E-state index contributed by atoms with van der Waals surface area (Å²) in [7, 11) is 1.63. The fraction of sp³-hybridized carbons (Fsp3) is 0.375. The lowest BCUT2D eigenvalue weighted by molar-refractivity contribution is 0.169. The van der Waals surface area contributed by atoms with Gasteiger partial charge in [-0.05, 0) is 35.6 Å². The van der Waals surface area contributed by atoms with Gasteiger partial charge in [0.1, 0.15) is 5.75 Å². The fourth-order valence-corrected chi connectivity index (χ4v) is 3.04. The maximum absolute atomic E-state index is 10.3. The minimum Gasteiger partial charge on any atom is -0.497 e. The number of thiophene rings is 1. The fourth-order valence-electron chi connectivity index (χ4n) is 2.16. The van der Waals surface area contributed by atoms with E-state index in [0.717, 1.165) is 17.7 Å². The Morgan fingerprint density at radius 3 is 2.80 bits per heavy atom. The number of nitrogens with one attached hydrogen (secondary N) is 1. The Labute approximate surface area is 124 Å². The Hall–Kier alpha value is -1.36. The SMILES string of the molecule is CCC(NCC(O)c1cccc(OC)c1)c1cccs1. The van der Waals surface area contributed by atoms with E-state index in [1.54, 1.807) is 18.4 Å². The van der Waals surface area contributed by atoms with E-state index >= 15 is 0 Å². The second-order valence-corrected chi connectivity index (χ2v) is 5.66. The van der Waals surface area contributed by atoms with Gasteiger partial charge in [0.15, 0.2) is 0 Å². The molecule has 3 nitrogen and oxygen atoms in total. The highest BCUT2D eigenvalue weighted by Gasteiger charge is 2.13. The molecular formula is C16H21NO2S. The molecule has 2 aromatic rings. The van der Waals surface area contributed by atoms with Crippen LogP contribution in [0.15, 0.2) is 41.8 Å². The van der Waals surface area contributed by atoms with Crippen LogP contribution < -0.4 is 10.1 Å². The maximum atomic E-state index is 10.3. The zero-order valence-electron chi connectivity index (χ0n) is 11.9. The van der Waals surface area contributed by atoms with Crippen molar-refractivity contribution in [3.8, 4) is 5.75 Å². The Kier molecular flexibility index (Phi) is 5.59. The zero-order valence-corrected chi connectivity index (χ0v) is 12.7. The Balaban J connectivity index is 1.95. The molecule has 0 bridgehead atoms. The molecular weight excluding hydrogens is 270 g/mol. The Bertz CT molecular complexity index is 513. The molecule has 2 N–H and O–H groups in total. The van der Waals surface area contributed by atoms with Crippen molar-refractivity contribution in [3.05, 3.63) is 52.2 Å². The first-order valence-corrected chi connectivity index (χ1v) is 7.71. The summed E-state index contributed by atoms with van der Waals surface area (Å²) >= 11 is 1.75. The summed E-state index contributed by atoms with van der Waals surface area (Å²) in [6.07, 6.45) is 0.477. The lowest BCUT2D eigenvalue weighted by Gasteiger charge is -2.19. The van der Waals surface area contributed by atoms with E-state index in [1.165, 1.54) is 4.88 Å². The number of aliphatic hydroxyl groups is 1. The van der Waals surface area contributed by atoms with Crippen molar-refractivity contribution in [2.75, 3.05) is 13.7 Å². The number of hydrogen-bond donors (Lipinski definition) is 2. The lowest BCUT2D eigenvalue weighted by atomic mass is 10.1. The summed E-state index contributed by atoms with van der Waals surface area (Å²) in [5.74, 6) is 0.770. The topological polar surface area (TPSA) is 41.5 Å². The van der Waals surface area contributed by atoms with Crippen molar-refractivity contribution in [3.63, 3.8) is 0 Å². The Morgan fingerprint density at radius 1 is 1.30 bits per heavy atom. The van der Waals surface area contributed by atoms with Crippen molar-refractivity contribution in [2.24, 2.45) is 0 Å². The van der Waals surface area contributed by atoms with Gasteiger partial charge in [-0.3, -0.25) is 0 Å². The molecule has 4 heteroatoms. The summed E-state index contributed by atoms with van der Waals surface area (Å²) < 4.78 is 5.18. The van der Waals surface area contributed by atoms with Crippen molar-refractivity contribution < 1.29 is 9.84 Å². The third-order valence-electron chi connectivity index (χ3n) is 3.33. The van der Waals surface area contributed by atoms with E-state index in [9.17, 15) is 5.11 Å². The highest BCUT2D eigenvalue weighted by molar-refractivity contribution is 7.10. The molecule has 0 aliphatic rings. The number of methoxy groups -OCH3 is 1. The van der Waals surface area contributed by atoms with Gasteiger partial charge in [0.25, 0.3) is 0 Å². The van der Waals surface area contributed by atoms with Gasteiger partial charge in [0.05, 0.1) is 13.2 Å². The molecule has 1 aromatic carbocycles. The summed E-state index contributed by atoms with van der Waals surface area (Å²) in [4.78, 5) is 1.31. The van der Waals surface area contributed by atoms with Crippen LogP contribution in [0, 0.1) is 0 Å². The van der Waals surface area contributed by atoms with Gasteiger partial charge in [-0.2, -0.15) is 0 Å². The highest BCUT2D eigenvalue weighted by atomic mass is 32.1. The van der Waals surface area contributed by atoms with Crippen molar-refractivity contribution in [1.29, 1.82) is 0 Å². The predicted octanol–water partition coefficient (Wildman–Crippen LogP) is 3.53. The smallest absolute Gasteiger partial charge is 0.119 e. The van der Waals surface area contributed by atoms with Crippen LogP contribution in [0.2, 0.25) is 0 Å². The average molecular weight is 291 g/mol. The number of ether oxygens (including phenoxy) is 1. The molecule has 1 aromatic heterocycles. The number of hydrogen-bond acceptors (Lipinski definition) is 4. The first kappa shape index (κ1) is 15.0. The summed E-state index contributed by atoms with van der Waals surface area (Å²) in [5.41, 5.74) is 0.873. The third kappa shape index (κ3) is 3.82. The second kappa shape index (κ2) is 7.43. The molecule has 0 amide bonds. The molecule has 0 saturated heterocycles. The molecule has 2 atom stereocenters. The number of benzene rings is 1. The zero-order chi connectivity index (χ0) is 14.4. The van der Waals surface area contributed by atoms with Crippen LogP contribution in [0.4, 0.5) is 0 Å². The van der Waals surface area contributed by atoms with Gasteiger partial charge >= 0.3 is 0 Å². The molecule has 0 aliphatic carbocycles. The molecule has 2 unspecified atom stereocenters. The maximum Gasteiger partial charge on any atom is 0.119 e. The van der Waals surface area contributed by atoms with Crippen molar-refractivity contribution in [1.82, 2.24) is 5.32 Å². The van der Waals surface area contributed by atoms with E-state index < -0.39 is 6.10 Å². The minimum absolute atomic E-state index is 0.301. The first-order valence-electron chi connectivity index (χ1n) is 6.83. The van der Waals surface area contributed by atoms with Gasteiger partial charge in [-0.1, -0.05) is 25.1 Å². The van der Waals surface area contributed by atoms with Crippen LogP contribution >= 0.6 is 11.3 Å². The van der Waals surface area contributed by atoms with Crippen LogP contribution in [0.25, 0.3) is 0 Å². The van der Waals surface area contributed by atoms with Crippen molar-refractivity contribution in [2.45, 2.75) is 25.5 Å². The monoisotopic (exact) mass is 291 g/mol. The number of rotatable bonds is 7. The molecule has 0 spiro atoms. The van der Waals surface area contributed by atoms with Crippen LogP contribution in [0.1, 0.15) is 35.9 Å². The van der Waals surface area contributed by atoms with E-state index in [0.29, 0.717) is 12.6 Å². The third-order valence-corrected chi connectivity index (χ3v) is 4.32. The molecule has 20 heavy (non-hydrogen) atoms. The van der Waals surface area contributed by atoms with Gasteiger partial charge in [-0.25, -0.2) is 0 Å². The van der Waals surface area contributed by atoms with E-state index in [4.69, 9.17) is 4.74 Å². The van der Waals surface area contributed by atoms with Crippen molar-refractivity contribution >= 4 is 11.3 Å². The predicted molar refractivity (Wildman–Crippen MR) is 83.3 cm³/mol. The van der Waals surface area contributed by atoms with Crippen LogP contribution in [-0.2, 0) is 0 Å². The largest absolute Gasteiger partial charge is 0.497 e. The van der Waals surface area contributed by atoms with Gasteiger partial charge < -0.3 is 15.2 Å². The van der Waals surface area contributed by atoms with E-state index in [1.807, 2.05) is 24.3 Å². The summed E-state index contributed by atoms with van der Waals surface area (Å²) in [5, 5.41) is 15.8. The van der Waals surface area contributed by atoms with Crippen LogP contribution in [0.5, 0.6) is 5.75 Å². The molecule has 0 aliphatic heterocycles. The lowest BCUT2D eigenvalue weighted by Crippen LogP contribution is -2.25. The highest BCUT2D eigenvalue weighted by Crippen LogP contribution is 2.23. The first-order chi connectivity index (χ1) is 9.74. The van der Waals surface area contributed by atoms with Gasteiger partial charge in [0.2, 0.25) is 0 Å². The molecule has 108 valence electrons. The second-order valence-electron chi connectivity index (χ2n) is 4.68. The molecule has 1 heterocycles. The quantitative estimate of drug-likeness (QED) is 0.820. The van der Waals surface area contributed by atoms with Crippen LogP contribution in [-0.4, -0.2) is 18.8 Å². The van der Waals surface area contributed by atoms with E-state index in [2.05, 4.69) is 29.8 Å². The van der Waals surface area contributed by atoms with E-state index in [-0.39, 0.29) is 0 Å². The summed E-state index contributed by atoms with van der Waals surface area (Å²) in [6, 6.07) is 12.1. The average Bonchev–Trinajstić information content (AvgIpc) is 3.02. The normalized spacial score (nSPS) is 13.9.